The van der Waals surface area contributed by atoms with Crippen LogP contribution < -0.4 is 0 Å². The fourth-order valence-corrected chi connectivity index (χ4v) is 2.97. The molecule has 0 aliphatic carbocycles. The fraction of sp³-hybridized carbons (Fsp3) is 0.105. The summed E-state index contributed by atoms with van der Waals surface area (Å²) in [5.41, 5.74) is 2.67. The minimum atomic E-state index is -0.368. The van der Waals surface area contributed by atoms with Gasteiger partial charge in [0.15, 0.2) is 0 Å². The van der Waals surface area contributed by atoms with Crippen LogP contribution >= 0.6 is 23.2 Å². The normalized spacial score (nSPS) is 10.7. The second-order valence-electron chi connectivity index (χ2n) is 5.28. The molecule has 0 atom stereocenters. The summed E-state index contributed by atoms with van der Waals surface area (Å²) in [5.74, 6) is -0.368. The third-order valence-electron chi connectivity index (χ3n) is 3.74. The van der Waals surface area contributed by atoms with Crippen LogP contribution in [0.1, 0.15) is 21.5 Å². The lowest BCUT2D eigenvalue weighted by molar-refractivity contribution is 0.0601. The third-order valence-corrected chi connectivity index (χ3v) is 4.46. The van der Waals surface area contributed by atoms with Gasteiger partial charge in [-0.15, -0.1) is 0 Å². The summed E-state index contributed by atoms with van der Waals surface area (Å²) in [7, 11) is 1.37. The van der Waals surface area contributed by atoms with Crippen LogP contribution in [0.4, 0.5) is 0 Å². The van der Waals surface area contributed by atoms with Gasteiger partial charge in [0.05, 0.1) is 22.7 Å². The first-order valence-electron chi connectivity index (χ1n) is 7.12. The summed E-state index contributed by atoms with van der Waals surface area (Å²) in [6, 6.07) is 17.3. The Hall–Kier alpha value is -2.03. The molecule has 3 aromatic rings. The zero-order valence-electron chi connectivity index (χ0n) is 12.5. The van der Waals surface area contributed by atoms with Gasteiger partial charge in [0.25, 0.3) is 0 Å². The maximum atomic E-state index is 11.9. The van der Waals surface area contributed by atoms with Gasteiger partial charge in [-0.1, -0.05) is 53.5 Å². The lowest BCUT2D eigenvalue weighted by atomic mass is 9.96. The molecule has 0 heterocycles. The van der Waals surface area contributed by atoms with Gasteiger partial charge in [-0.25, -0.2) is 4.79 Å². The zero-order valence-corrected chi connectivity index (χ0v) is 14.0. The molecule has 0 N–H and O–H groups in total. The Morgan fingerprint density at radius 2 is 1.70 bits per heavy atom. The average Bonchev–Trinajstić information content (AvgIpc) is 2.56. The van der Waals surface area contributed by atoms with Crippen molar-refractivity contribution in [2.45, 2.75) is 6.42 Å². The van der Waals surface area contributed by atoms with E-state index in [1.165, 1.54) is 7.11 Å². The van der Waals surface area contributed by atoms with Crippen LogP contribution in [0.2, 0.25) is 10.0 Å². The second kappa shape index (κ2) is 6.61. The summed E-state index contributed by atoms with van der Waals surface area (Å²) in [5, 5.41) is 2.82. The Kier molecular flexibility index (Phi) is 4.56. The molecule has 3 rings (SSSR count). The molecule has 0 aromatic heterocycles. The van der Waals surface area contributed by atoms with Crippen LogP contribution in [-0.4, -0.2) is 13.1 Å². The lowest BCUT2D eigenvalue weighted by Crippen LogP contribution is -2.03. The summed E-state index contributed by atoms with van der Waals surface area (Å²) in [6.45, 7) is 0. The van der Waals surface area contributed by atoms with Crippen molar-refractivity contribution in [2.75, 3.05) is 7.11 Å². The molecule has 0 amide bonds. The molecule has 0 bridgehead atoms. The van der Waals surface area contributed by atoms with Gasteiger partial charge in [0.1, 0.15) is 0 Å². The lowest BCUT2D eigenvalue weighted by Gasteiger charge is -2.11. The average molecular weight is 345 g/mol. The minimum absolute atomic E-state index is 0.368. The highest BCUT2D eigenvalue weighted by Gasteiger charge is 2.13. The van der Waals surface area contributed by atoms with E-state index >= 15 is 0 Å². The summed E-state index contributed by atoms with van der Waals surface area (Å²) >= 11 is 12.3. The molecule has 0 unspecified atom stereocenters. The van der Waals surface area contributed by atoms with Crippen LogP contribution in [-0.2, 0) is 11.2 Å². The van der Waals surface area contributed by atoms with E-state index in [0.717, 1.165) is 21.9 Å². The largest absolute Gasteiger partial charge is 0.465 e. The fourth-order valence-electron chi connectivity index (χ4n) is 2.63. The van der Waals surface area contributed by atoms with Gasteiger partial charge in [0, 0.05) is 0 Å². The Bertz CT molecular complexity index is 873. The highest BCUT2D eigenvalue weighted by Crippen LogP contribution is 2.32. The number of fused-ring (bicyclic) bond motifs is 1. The van der Waals surface area contributed by atoms with E-state index in [0.29, 0.717) is 22.0 Å². The predicted molar refractivity (Wildman–Crippen MR) is 94.6 cm³/mol. The Morgan fingerprint density at radius 1 is 1.00 bits per heavy atom. The van der Waals surface area contributed by atoms with Crippen LogP contribution in [0.5, 0.6) is 0 Å². The number of benzene rings is 3. The van der Waals surface area contributed by atoms with E-state index in [9.17, 15) is 4.79 Å². The molecule has 2 nitrogen and oxygen atoms in total. The zero-order chi connectivity index (χ0) is 16.4. The van der Waals surface area contributed by atoms with Gasteiger partial charge < -0.3 is 4.74 Å². The van der Waals surface area contributed by atoms with Gasteiger partial charge in [-0.3, -0.25) is 0 Å². The van der Waals surface area contributed by atoms with Crippen molar-refractivity contribution in [1.82, 2.24) is 0 Å². The van der Waals surface area contributed by atoms with Crippen molar-refractivity contribution in [3.63, 3.8) is 0 Å². The molecule has 3 aromatic carbocycles. The van der Waals surface area contributed by atoms with Crippen molar-refractivity contribution in [2.24, 2.45) is 0 Å². The van der Waals surface area contributed by atoms with E-state index in [2.05, 4.69) is 0 Å². The van der Waals surface area contributed by atoms with Crippen molar-refractivity contribution < 1.29 is 9.53 Å². The first-order valence-corrected chi connectivity index (χ1v) is 7.88. The Labute approximate surface area is 144 Å². The number of methoxy groups -OCH3 is 1. The minimum Gasteiger partial charge on any atom is -0.465 e. The number of carbonyl (C=O) groups excluding carboxylic acids is 1. The first kappa shape index (κ1) is 15.9. The number of hydrogen-bond acceptors (Lipinski definition) is 2. The predicted octanol–water partition coefficient (Wildman–Crippen LogP) is 5.52. The van der Waals surface area contributed by atoms with Crippen molar-refractivity contribution in [1.29, 1.82) is 0 Å². The molecule has 116 valence electrons. The number of carbonyl (C=O) groups is 1. The van der Waals surface area contributed by atoms with Crippen LogP contribution in [0, 0.1) is 0 Å². The smallest absolute Gasteiger partial charge is 0.337 e. The molecule has 0 saturated carbocycles. The van der Waals surface area contributed by atoms with Gasteiger partial charge >= 0.3 is 5.97 Å². The molecular formula is C19H14Cl2O2. The van der Waals surface area contributed by atoms with E-state index in [-0.39, 0.29) is 5.97 Å². The summed E-state index contributed by atoms with van der Waals surface area (Å²) in [6.07, 6.45) is 0.695. The summed E-state index contributed by atoms with van der Waals surface area (Å²) < 4.78 is 4.85. The van der Waals surface area contributed by atoms with Gasteiger partial charge in [-0.2, -0.15) is 0 Å². The molecule has 23 heavy (non-hydrogen) atoms. The highest BCUT2D eigenvalue weighted by atomic mass is 35.5. The highest BCUT2D eigenvalue weighted by molar-refractivity contribution is 6.42. The standard InChI is InChI=1S/C19H14Cl2O2/c1-23-19(22)15-8-13(7-12-5-3-2-4-6-12)16-11-18(21)17(20)10-14(16)9-15/h2-6,8-11H,7H2,1H3. The summed E-state index contributed by atoms with van der Waals surface area (Å²) in [4.78, 5) is 11.9. The first-order chi connectivity index (χ1) is 11.1. The molecule has 0 saturated heterocycles. The van der Waals surface area contributed by atoms with Crippen molar-refractivity contribution in [3.8, 4) is 0 Å². The number of rotatable bonds is 3. The monoisotopic (exact) mass is 344 g/mol. The molecular weight excluding hydrogens is 331 g/mol. The van der Waals surface area contributed by atoms with E-state index in [4.69, 9.17) is 27.9 Å². The maximum absolute atomic E-state index is 11.9. The van der Waals surface area contributed by atoms with Crippen molar-refractivity contribution >= 4 is 39.9 Å². The van der Waals surface area contributed by atoms with Crippen LogP contribution in [0.15, 0.2) is 54.6 Å². The number of ether oxygens (including phenoxy) is 1. The molecule has 0 spiro atoms. The quantitative estimate of drug-likeness (QED) is 0.584. The number of hydrogen-bond donors (Lipinski definition) is 0. The van der Waals surface area contributed by atoms with E-state index in [1.807, 2.05) is 42.5 Å². The third kappa shape index (κ3) is 3.34. The van der Waals surface area contributed by atoms with E-state index in [1.54, 1.807) is 12.1 Å². The number of halogens is 2. The van der Waals surface area contributed by atoms with E-state index < -0.39 is 0 Å². The van der Waals surface area contributed by atoms with Crippen molar-refractivity contribution in [3.05, 3.63) is 81.3 Å². The van der Waals surface area contributed by atoms with Crippen LogP contribution in [0.3, 0.4) is 0 Å². The molecule has 0 fully saturated rings. The SMILES string of the molecule is COC(=O)c1cc(Cc2ccccc2)c2cc(Cl)c(Cl)cc2c1. The Morgan fingerprint density at radius 3 is 2.39 bits per heavy atom. The molecule has 0 radical (unpaired) electrons. The van der Waals surface area contributed by atoms with Gasteiger partial charge in [0.2, 0.25) is 0 Å². The maximum Gasteiger partial charge on any atom is 0.337 e. The number of esters is 1. The molecule has 0 aliphatic heterocycles. The topological polar surface area (TPSA) is 26.3 Å². The van der Waals surface area contributed by atoms with Gasteiger partial charge in [-0.05, 0) is 52.6 Å². The Balaban J connectivity index is 2.20. The molecule has 4 heteroatoms. The second-order valence-corrected chi connectivity index (χ2v) is 6.09. The molecule has 0 aliphatic rings. The van der Waals surface area contributed by atoms with Crippen LogP contribution in [0.25, 0.3) is 10.8 Å².